The van der Waals surface area contributed by atoms with Crippen LogP contribution in [0.3, 0.4) is 0 Å². The van der Waals surface area contributed by atoms with E-state index in [1.807, 2.05) is 84.0 Å². The molecular weight excluding hydrogens is 362 g/mol. The van der Waals surface area contributed by atoms with Gasteiger partial charge in [0.1, 0.15) is 5.60 Å². The molecule has 1 amide bonds. The Kier molecular flexibility index (Phi) is 9.33. The van der Waals surface area contributed by atoms with Gasteiger partial charge in [-0.2, -0.15) is 0 Å². The van der Waals surface area contributed by atoms with Gasteiger partial charge in [0.15, 0.2) is 5.78 Å². The van der Waals surface area contributed by atoms with Crippen LogP contribution in [0.25, 0.3) is 5.57 Å². The summed E-state index contributed by atoms with van der Waals surface area (Å²) in [5, 5.41) is 2.72. The van der Waals surface area contributed by atoms with Gasteiger partial charge in [-0.1, -0.05) is 56.9 Å². The van der Waals surface area contributed by atoms with Crippen LogP contribution in [-0.4, -0.2) is 17.5 Å². The zero-order valence-corrected chi connectivity index (χ0v) is 18.5. The topological polar surface area (TPSA) is 55.4 Å². The van der Waals surface area contributed by atoms with Crippen LogP contribution in [0.1, 0.15) is 59.9 Å². The summed E-state index contributed by atoms with van der Waals surface area (Å²) < 4.78 is 5.26. The molecule has 1 N–H and O–H groups in total. The summed E-state index contributed by atoms with van der Waals surface area (Å²) in [6.45, 7) is 15.1. The molecule has 0 heterocycles. The van der Waals surface area contributed by atoms with Crippen molar-refractivity contribution >= 4 is 23.1 Å². The Morgan fingerprint density at radius 1 is 1.14 bits per heavy atom. The highest BCUT2D eigenvalue weighted by atomic mass is 16.6. The normalized spacial score (nSPS) is 14.6. The highest BCUT2D eigenvalue weighted by Gasteiger charge is 2.25. The van der Waals surface area contributed by atoms with E-state index in [9.17, 15) is 9.59 Å². The van der Waals surface area contributed by atoms with Crippen molar-refractivity contribution in [1.29, 1.82) is 0 Å². The summed E-state index contributed by atoms with van der Waals surface area (Å²) in [6.07, 6.45) is 8.12. The van der Waals surface area contributed by atoms with Crippen molar-refractivity contribution < 1.29 is 14.3 Å². The van der Waals surface area contributed by atoms with Gasteiger partial charge < -0.3 is 4.74 Å². The number of ketones is 1. The van der Waals surface area contributed by atoms with Gasteiger partial charge in [-0.3, -0.25) is 10.1 Å². The van der Waals surface area contributed by atoms with E-state index in [1.165, 1.54) is 0 Å². The number of ether oxygens (including phenoxy) is 1. The smallest absolute Gasteiger partial charge is 0.412 e. The Balaban J connectivity index is 0.00000204. The Hall–Kier alpha value is -2.88. The molecular formula is C25H33NO3. The molecule has 1 aromatic rings. The third-order valence-electron chi connectivity index (χ3n) is 3.99. The molecule has 0 saturated carbocycles. The van der Waals surface area contributed by atoms with Gasteiger partial charge in [-0.25, -0.2) is 4.79 Å². The number of carbonyl (C=O) groups is 2. The second kappa shape index (κ2) is 11.2. The molecule has 29 heavy (non-hydrogen) atoms. The molecule has 1 aromatic carbocycles. The minimum atomic E-state index is -0.547. The van der Waals surface area contributed by atoms with E-state index in [0.29, 0.717) is 18.5 Å². The summed E-state index contributed by atoms with van der Waals surface area (Å²) in [5.74, 6) is 0.146. The van der Waals surface area contributed by atoms with Crippen molar-refractivity contribution in [3.8, 4) is 0 Å². The van der Waals surface area contributed by atoms with Crippen molar-refractivity contribution in [2.75, 3.05) is 5.32 Å². The van der Waals surface area contributed by atoms with Crippen LogP contribution in [0.2, 0.25) is 0 Å². The molecule has 0 atom stereocenters. The van der Waals surface area contributed by atoms with E-state index in [4.69, 9.17) is 4.74 Å². The number of nitrogens with one attached hydrogen (secondary N) is 1. The van der Waals surface area contributed by atoms with Crippen molar-refractivity contribution in [3.05, 3.63) is 71.9 Å². The van der Waals surface area contributed by atoms with Gasteiger partial charge in [0.2, 0.25) is 0 Å². The van der Waals surface area contributed by atoms with Crippen LogP contribution < -0.4 is 5.32 Å². The fourth-order valence-electron chi connectivity index (χ4n) is 2.99. The predicted molar refractivity (Wildman–Crippen MR) is 122 cm³/mol. The molecule has 0 aromatic heterocycles. The molecule has 0 unspecified atom stereocenters. The Morgan fingerprint density at radius 2 is 1.76 bits per heavy atom. The maximum Gasteiger partial charge on any atom is 0.412 e. The van der Waals surface area contributed by atoms with Crippen LogP contribution in [0.15, 0.2) is 66.3 Å². The zero-order chi connectivity index (χ0) is 22.0. The van der Waals surface area contributed by atoms with Gasteiger partial charge in [0.25, 0.3) is 0 Å². The fraction of sp³-hybridized carbons (Fsp3) is 0.360. The number of hydrogen-bond donors (Lipinski definition) is 1. The SMILES string of the molecule is C=C/C=C(\C=C/C)C1=C(c2ccc(NC(=O)OC(C)(C)C)cc2)CCC1=O.CC. The number of amides is 1. The third-order valence-corrected chi connectivity index (χ3v) is 3.99. The third kappa shape index (κ3) is 7.22. The molecule has 0 saturated heterocycles. The minimum Gasteiger partial charge on any atom is -0.444 e. The average molecular weight is 396 g/mol. The second-order valence-electron chi connectivity index (χ2n) is 7.34. The monoisotopic (exact) mass is 395 g/mol. The van der Waals surface area contributed by atoms with Gasteiger partial charge in [-0.15, -0.1) is 0 Å². The number of benzene rings is 1. The van der Waals surface area contributed by atoms with Crippen molar-refractivity contribution in [2.45, 2.75) is 60.0 Å². The van der Waals surface area contributed by atoms with Crippen LogP contribution in [0.4, 0.5) is 10.5 Å². The van der Waals surface area contributed by atoms with E-state index in [0.717, 1.165) is 22.3 Å². The maximum atomic E-state index is 12.5. The van der Waals surface area contributed by atoms with Gasteiger partial charge >= 0.3 is 6.09 Å². The number of rotatable bonds is 5. The van der Waals surface area contributed by atoms with Crippen molar-refractivity contribution in [3.63, 3.8) is 0 Å². The van der Waals surface area contributed by atoms with E-state index < -0.39 is 11.7 Å². The maximum absolute atomic E-state index is 12.5. The number of carbonyl (C=O) groups excluding carboxylic acids is 2. The summed E-state index contributed by atoms with van der Waals surface area (Å²) in [7, 11) is 0. The Morgan fingerprint density at radius 3 is 2.28 bits per heavy atom. The Labute approximate surface area is 175 Å². The molecule has 0 bridgehead atoms. The first kappa shape index (κ1) is 24.2. The molecule has 4 nitrogen and oxygen atoms in total. The lowest BCUT2D eigenvalue weighted by molar-refractivity contribution is -0.114. The average Bonchev–Trinajstić information content (AvgIpc) is 3.03. The first-order chi connectivity index (χ1) is 13.7. The van der Waals surface area contributed by atoms with E-state index in [-0.39, 0.29) is 5.78 Å². The summed E-state index contributed by atoms with van der Waals surface area (Å²) in [5.41, 5.74) is 3.73. The minimum absolute atomic E-state index is 0.146. The lowest BCUT2D eigenvalue weighted by Crippen LogP contribution is -2.27. The van der Waals surface area contributed by atoms with Crippen LogP contribution in [0.5, 0.6) is 0 Å². The largest absolute Gasteiger partial charge is 0.444 e. The molecule has 0 spiro atoms. The standard InChI is InChI=1S/C23H27NO3.C2H6/c1-6-8-17(9-7-2)21-19(14-15-20(21)25)16-10-12-18(13-11-16)24-22(26)27-23(3,4)5;1-2/h6-13H,1,14-15H2,2-5H3,(H,24,26);1-2H3/b9-7-,17-8+;. The molecule has 0 radical (unpaired) electrons. The summed E-state index contributed by atoms with van der Waals surface area (Å²) >= 11 is 0. The lowest BCUT2D eigenvalue weighted by atomic mass is 9.95. The lowest BCUT2D eigenvalue weighted by Gasteiger charge is -2.19. The van der Waals surface area contributed by atoms with Crippen molar-refractivity contribution in [2.24, 2.45) is 0 Å². The molecule has 4 heteroatoms. The first-order valence-corrected chi connectivity index (χ1v) is 10.1. The summed E-state index contributed by atoms with van der Waals surface area (Å²) in [6, 6.07) is 7.47. The number of anilines is 1. The van der Waals surface area contributed by atoms with Crippen LogP contribution >= 0.6 is 0 Å². The van der Waals surface area contributed by atoms with E-state index in [1.54, 1.807) is 6.08 Å². The fourth-order valence-corrected chi connectivity index (χ4v) is 2.99. The number of hydrogen-bond acceptors (Lipinski definition) is 3. The van der Waals surface area contributed by atoms with Crippen LogP contribution in [0, 0.1) is 0 Å². The molecule has 2 rings (SSSR count). The molecule has 156 valence electrons. The van der Waals surface area contributed by atoms with Gasteiger partial charge in [0, 0.05) is 17.7 Å². The van der Waals surface area contributed by atoms with E-state index >= 15 is 0 Å². The highest BCUT2D eigenvalue weighted by Crippen LogP contribution is 2.36. The van der Waals surface area contributed by atoms with Gasteiger partial charge in [-0.05, 0) is 63.0 Å². The summed E-state index contributed by atoms with van der Waals surface area (Å²) in [4.78, 5) is 24.3. The van der Waals surface area contributed by atoms with Crippen LogP contribution in [-0.2, 0) is 9.53 Å². The zero-order valence-electron chi connectivity index (χ0n) is 18.5. The number of Topliss-reactive ketones (excluding diaryl/α,β-unsaturated/α-hetero) is 1. The molecule has 1 aliphatic carbocycles. The van der Waals surface area contributed by atoms with E-state index in [2.05, 4.69) is 11.9 Å². The molecule has 0 aliphatic heterocycles. The number of allylic oxidation sites excluding steroid dienone is 7. The molecule has 0 fully saturated rings. The quantitative estimate of drug-likeness (QED) is 0.554. The molecule has 1 aliphatic rings. The predicted octanol–water partition coefficient (Wildman–Crippen LogP) is 6.86. The van der Waals surface area contributed by atoms with Gasteiger partial charge in [0.05, 0.1) is 0 Å². The Bertz CT molecular complexity index is 819. The second-order valence-corrected chi connectivity index (χ2v) is 7.34. The highest BCUT2D eigenvalue weighted by molar-refractivity contribution is 6.11. The van der Waals surface area contributed by atoms with Crippen molar-refractivity contribution in [1.82, 2.24) is 0 Å². The first-order valence-electron chi connectivity index (χ1n) is 10.1.